The van der Waals surface area contributed by atoms with Gasteiger partial charge in [-0.15, -0.1) is 0 Å². The molecule has 2 N–H and O–H groups in total. The van der Waals surface area contributed by atoms with Crippen molar-refractivity contribution < 1.29 is 14.1 Å². The topological polar surface area (TPSA) is 81.6 Å². The Kier molecular flexibility index (Phi) is 6.01. The van der Waals surface area contributed by atoms with Crippen LogP contribution in [0.15, 0.2) is 35.1 Å². The molecule has 124 valence electrons. The molecule has 0 bridgehead atoms. The highest BCUT2D eigenvalue weighted by Crippen LogP contribution is 2.27. The Bertz CT molecular complexity index is 646. The third-order valence-corrected chi connectivity index (χ3v) is 3.80. The number of nitrogens with zero attached hydrogens (tertiary/aromatic N) is 2. The van der Waals surface area contributed by atoms with Crippen molar-refractivity contribution in [2.45, 2.75) is 19.4 Å². The van der Waals surface area contributed by atoms with Gasteiger partial charge in [0.25, 0.3) is 5.91 Å². The Hall–Kier alpha value is -2.05. The second-order valence-corrected chi connectivity index (χ2v) is 5.58. The Morgan fingerprint density at radius 3 is 2.91 bits per heavy atom. The number of nitrogens with two attached hydrogens (primary N) is 1. The molecule has 0 saturated carbocycles. The Labute approximate surface area is 140 Å². The number of hydrogen-bond donors (Lipinski definition) is 1. The Balaban J connectivity index is 2.20. The molecular formula is C16H20ClN3O3. The van der Waals surface area contributed by atoms with E-state index in [-0.39, 0.29) is 11.9 Å². The maximum atomic E-state index is 12.8. The highest BCUT2D eigenvalue weighted by Gasteiger charge is 2.23. The number of ether oxygens (including phenoxy) is 1. The summed E-state index contributed by atoms with van der Waals surface area (Å²) < 4.78 is 10.5. The molecule has 2 rings (SSSR count). The minimum Gasteiger partial charge on any atom is -0.493 e. The average molecular weight is 338 g/mol. The molecule has 1 heterocycles. The molecule has 0 aliphatic rings. The SMILES string of the molecule is CC(c1ccon1)N(C)C(=O)c1ccc(Cl)cc1OCCCN. The fraction of sp³-hybridized carbons (Fsp3) is 0.375. The maximum absolute atomic E-state index is 12.8. The van der Waals surface area contributed by atoms with Crippen molar-refractivity contribution in [3.8, 4) is 5.75 Å². The standard InChI is InChI=1S/C16H20ClN3O3/c1-11(14-6-9-23-19-14)20(2)16(21)13-5-4-12(17)10-15(13)22-8-3-7-18/h4-6,9-11H,3,7-8,18H2,1-2H3. The summed E-state index contributed by atoms with van der Waals surface area (Å²) in [6, 6.07) is 6.47. The number of hydrogen-bond acceptors (Lipinski definition) is 5. The lowest BCUT2D eigenvalue weighted by molar-refractivity contribution is 0.0733. The molecule has 0 aliphatic heterocycles. The Morgan fingerprint density at radius 2 is 2.26 bits per heavy atom. The fourth-order valence-corrected chi connectivity index (χ4v) is 2.22. The zero-order valence-electron chi connectivity index (χ0n) is 13.2. The minimum atomic E-state index is -0.228. The van der Waals surface area contributed by atoms with Crippen LogP contribution in [0.4, 0.5) is 0 Å². The van der Waals surface area contributed by atoms with Crippen molar-refractivity contribution in [2.75, 3.05) is 20.2 Å². The summed E-state index contributed by atoms with van der Waals surface area (Å²) >= 11 is 6.01. The molecule has 1 amide bonds. The van der Waals surface area contributed by atoms with Gasteiger partial charge in [0.05, 0.1) is 18.2 Å². The first-order valence-electron chi connectivity index (χ1n) is 7.34. The van der Waals surface area contributed by atoms with E-state index in [4.69, 9.17) is 26.6 Å². The lowest BCUT2D eigenvalue weighted by atomic mass is 10.1. The second kappa shape index (κ2) is 7.99. The summed E-state index contributed by atoms with van der Waals surface area (Å²) in [4.78, 5) is 14.3. The van der Waals surface area contributed by atoms with Crippen LogP contribution in [0.3, 0.4) is 0 Å². The van der Waals surface area contributed by atoms with Gasteiger partial charge in [0.1, 0.15) is 17.7 Å². The normalized spacial score (nSPS) is 12.0. The number of carbonyl (C=O) groups excluding carboxylic acids is 1. The minimum absolute atomic E-state index is 0.181. The zero-order chi connectivity index (χ0) is 16.8. The van der Waals surface area contributed by atoms with E-state index in [1.54, 1.807) is 36.2 Å². The summed E-state index contributed by atoms with van der Waals surface area (Å²) in [6.07, 6.45) is 2.18. The van der Waals surface area contributed by atoms with Gasteiger partial charge in [-0.3, -0.25) is 4.79 Å². The first-order valence-corrected chi connectivity index (χ1v) is 7.72. The predicted molar refractivity (Wildman–Crippen MR) is 87.6 cm³/mol. The van der Waals surface area contributed by atoms with Gasteiger partial charge in [0.15, 0.2) is 0 Å². The number of aromatic nitrogens is 1. The molecule has 0 radical (unpaired) electrons. The third-order valence-electron chi connectivity index (χ3n) is 3.57. The third kappa shape index (κ3) is 4.24. The molecule has 0 fully saturated rings. The van der Waals surface area contributed by atoms with Crippen LogP contribution < -0.4 is 10.5 Å². The predicted octanol–water partition coefficient (Wildman–Crippen LogP) is 2.89. The molecule has 1 aromatic carbocycles. The maximum Gasteiger partial charge on any atom is 0.257 e. The van der Waals surface area contributed by atoms with E-state index in [1.165, 1.54) is 6.26 Å². The molecule has 1 atom stereocenters. The second-order valence-electron chi connectivity index (χ2n) is 5.15. The Morgan fingerprint density at radius 1 is 1.48 bits per heavy atom. The van der Waals surface area contributed by atoms with E-state index >= 15 is 0 Å². The monoisotopic (exact) mass is 337 g/mol. The van der Waals surface area contributed by atoms with Gasteiger partial charge < -0.3 is 19.9 Å². The van der Waals surface area contributed by atoms with Gasteiger partial charge in [-0.1, -0.05) is 16.8 Å². The van der Waals surface area contributed by atoms with Gasteiger partial charge in [-0.2, -0.15) is 0 Å². The number of amides is 1. The average Bonchev–Trinajstić information content (AvgIpc) is 3.08. The lowest BCUT2D eigenvalue weighted by Gasteiger charge is -2.24. The van der Waals surface area contributed by atoms with Gasteiger partial charge in [0, 0.05) is 18.1 Å². The summed E-state index contributed by atoms with van der Waals surface area (Å²) in [5.74, 6) is 0.273. The van der Waals surface area contributed by atoms with Crippen LogP contribution in [-0.4, -0.2) is 36.2 Å². The van der Waals surface area contributed by atoms with Crippen molar-refractivity contribution in [3.05, 3.63) is 46.8 Å². The summed E-state index contributed by atoms with van der Waals surface area (Å²) in [5, 5.41) is 4.39. The van der Waals surface area contributed by atoms with Crippen molar-refractivity contribution in [2.24, 2.45) is 5.73 Å². The number of rotatable bonds is 7. The zero-order valence-corrected chi connectivity index (χ0v) is 13.9. The van der Waals surface area contributed by atoms with Gasteiger partial charge in [-0.25, -0.2) is 0 Å². The van der Waals surface area contributed by atoms with E-state index < -0.39 is 0 Å². The van der Waals surface area contributed by atoms with Gasteiger partial charge >= 0.3 is 0 Å². The van der Waals surface area contributed by atoms with Crippen molar-refractivity contribution in [3.63, 3.8) is 0 Å². The summed E-state index contributed by atoms with van der Waals surface area (Å²) in [5.41, 5.74) is 6.59. The first-order chi connectivity index (χ1) is 11.0. The molecule has 7 heteroatoms. The van der Waals surface area contributed by atoms with Gasteiger partial charge in [-0.05, 0) is 38.1 Å². The van der Waals surface area contributed by atoms with Crippen molar-refractivity contribution in [1.29, 1.82) is 0 Å². The number of carbonyl (C=O) groups is 1. The van der Waals surface area contributed by atoms with Crippen LogP contribution >= 0.6 is 11.6 Å². The smallest absolute Gasteiger partial charge is 0.257 e. The van der Waals surface area contributed by atoms with E-state index in [9.17, 15) is 4.79 Å². The van der Waals surface area contributed by atoms with E-state index in [0.29, 0.717) is 41.6 Å². The van der Waals surface area contributed by atoms with E-state index in [0.717, 1.165) is 0 Å². The van der Waals surface area contributed by atoms with Crippen molar-refractivity contribution in [1.82, 2.24) is 10.1 Å². The molecule has 0 saturated heterocycles. The molecule has 2 aromatic rings. The molecule has 0 spiro atoms. The van der Waals surface area contributed by atoms with Gasteiger partial charge in [0.2, 0.25) is 0 Å². The van der Waals surface area contributed by atoms with Crippen LogP contribution in [-0.2, 0) is 0 Å². The molecule has 6 nitrogen and oxygen atoms in total. The van der Waals surface area contributed by atoms with Crippen LogP contribution in [0.5, 0.6) is 5.75 Å². The molecule has 23 heavy (non-hydrogen) atoms. The highest BCUT2D eigenvalue weighted by atomic mass is 35.5. The van der Waals surface area contributed by atoms with E-state index in [1.807, 2.05) is 6.92 Å². The van der Waals surface area contributed by atoms with Crippen LogP contribution in [0.25, 0.3) is 0 Å². The summed E-state index contributed by atoms with van der Waals surface area (Å²) in [7, 11) is 1.71. The fourth-order valence-electron chi connectivity index (χ4n) is 2.06. The molecule has 1 aromatic heterocycles. The van der Waals surface area contributed by atoms with E-state index in [2.05, 4.69) is 5.16 Å². The van der Waals surface area contributed by atoms with Crippen molar-refractivity contribution >= 4 is 17.5 Å². The van der Waals surface area contributed by atoms with Crippen LogP contribution in [0, 0.1) is 0 Å². The first kappa shape index (κ1) is 17.3. The highest BCUT2D eigenvalue weighted by molar-refractivity contribution is 6.30. The number of halogens is 1. The number of benzene rings is 1. The lowest BCUT2D eigenvalue weighted by Crippen LogP contribution is -2.30. The molecule has 1 unspecified atom stereocenters. The van der Waals surface area contributed by atoms with Crippen LogP contribution in [0.2, 0.25) is 5.02 Å². The van der Waals surface area contributed by atoms with Crippen LogP contribution in [0.1, 0.15) is 35.4 Å². The quantitative estimate of drug-likeness (QED) is 0.785. The molecular weight excluding hydrogens is 318 g/mol. The largest absolute Gasteiger partial charge is 0.493 e. The summed E-state index contributed by atoms with van der Waals surface area (Å²) in [6.45, 7) is 2.83. The molecule has 0 aliphatic carbocycles.